The van der Waals surface area contributed by atoms with Crippen molar-refractivity contribution in [1.82, 2.24) is 9.97 Å². The Hall–Kier alpha value is -3.42. The molecule has 0 fully saturated rings. The zero-order chi connectivity index (χ0) is 25.8. The lowest BCUT2D eigenvalue weighted by molar-refractivity contribution is 0.102. The first-order valence-corrected chi connectivity index (χ1v) is 13.0. The molecule has 0 amide bonds. The third-order valence-corrected chi connectivity index (χ3v) is 8.05. The van der Waals surface area contributed by atoms with Crippen molar-refractivity contribution in [3.05, 3.63) is 80.2 Å². The molecule has 3 aliphatic rings. The minimum absolute atomic E-state index is 0.0281. The number of benzene rings is 1. The summed E-state index contributed by atoms with van der Waals surface area (Å²) in [7, 11) is 3.51. The van der Waals surface area contributed by atoms with Gasteiger partial charge in [-0.05, 0) is 111 Å². The largest absolute Gasteiger partial charge is 0.375 e. The summed E-state index contributed by atoms with van der Waals surface area (Å²) in [5.41, 5.74) is 11.5. The number of fused-ring (bicyclic) bond motifs is 3. The van der Waals surface area contributed by atoms with Gasteiger partial charge in [0.25, 0.3) is 0 Å². The number of nitrogens with zero attached hydrogens (tertiary/aromatic N) is 4. The third-order valence-electron chi connectivity index (χ3n) is 8.05. The van der Waals surface area contributed by atoms with E-state index in [0.717, 1.165) is 59.9 Å². The van der Waals surface area contributed by atoms with E-state index in [1.807, 2.05) is 0 Å². The van der Waals surface area contributed by atoms with Gasteiger partial charge in [-0.1, -0.05) is 0 Å². The highest BCUT2D eigenvalue weighted by atomic mass is 16.5. The number of hydrogen-bond donors (Lipinski definition) is 1. The molecule has 2 atom stereocenters. The van der Waals surface area contributed by atoms with Gasteiger partial charge < -0.3 is 14.8 Å². The molecule has 0 radical (unpaired) electrons. The SMILES string of the molecule is CO[C@H]1CCc2c(C)cc(N=C3N=C(Nc4cc(C)c5c(n4)[C@@H](OC)CC5)c4cc(C)c(C)cc43)nc21. The number of hydrogen-bond acceptors (Lipinski definition) is 6. The van der Waals surface area contributed by atoms with Crippen molar-refractivity contribution in [2.75, 3.05) is 19.5 Å². The molecule has 3 heterocycles. The van der Waals surface area contributed by atoms with Gasteiger partial charge in [-0.25, -0.2) is 20.0 Å². The molecule has 7 nitrogen and oxygen atoms in total. The number of ether oxygens (including phenoxy) is 2. The zero-order valence-corrected chi connectivity index (χ0v) is 22.4. The highest BCUT2D eigenvalue weighted by Gasteiger charge is 2.29. The van der Waals surface area contributed by atoms with E-state index in [1.54, 1.807) is 14.2 Å². The summed E-state index contributed by atoms with van der Waals surface area (Å²) < 4.78 is 11.4. The van der Waals surface area contributed by atoms with Crippen molar-refractivity contribution >= 4 is 23.3 Å². The van der Waals surface area contributed by atoms with E-state index in [-0.39, 0.29) is 12.2 Å². The topological polar surface area (TPSA) is 81.0 Å². The van der Waals surface area contributed by atoms with E-state index in [4.69, 9.17) is 29.4 Å². The molecular weight excluding hydrogens is 462 g/mol. The maximum Gasteiger partial charge on any atom is 0.164 e. The van der Waals surface area contributed by atoms with Crippen LogP contribution in [0.3, 0.4) is 0 Å². The van der Waals surface area contributed by atoms with E-state index >= 15 is 0 Å². The Morgan fingerprint density at radius 2 is 1.35 bits per heavy atom. The van der Waals surface area contributed by atoms with Gasteiger partial charge in [0.15, 0.2) is 11.7 Å². The molecule has 7 heteroatoms. The van der Waals surface area contributed by atoms with E-state index in [0.29, 0.717) is 11.7 Å². The summed E-state index contributed by atoms with van der Waals surface area (Å²) in [5, 5.41) is 3.51. The number of amidine groups is 2. The van der Waals surface area contributed by atoms with Gasteiger partial charge in [0, 0.05) is 25.3 Å². The molecule has 37 heavy (non-hydrogen) atoms. The van der Waals surface area contributed by atoms with Gasteiger partial charge in [0.1, 0.15) is 11.7 Å². The van der Waals surface area contributed by atoms with Gasteiger partial charge >= 0.3 is 0 Å². The van der Waals surface area contributed by atoms with Crippen molar-refractivity contribution < 1.29 is 9.47 Å². The minimum atomic E-state index is 0.0281. The normalized spacial score (nSPS) is 20.7. The molecule has 0 unspecified atom stereocenters. The average molecular weight is 496 g/mol. The first kappa shape index (κ1) is 23.9. The van der Waals surface area contributed by atoms with Gasteiger partial charge in [-0.3, -0.25) is 0 Å². The Labute approximate surface area is 218 Å². The Morgan fingerprint density at radius 3 is 2.00 bits per heavy atom. The Kier molecular flexibility index (Phi) is 5.92. The van der Waals surface area contributed by atoms with E-state index < -0.39 is 0 Å². The molecule has 0 saturated heterocycles. The first-order chi connectivity index (χ1) is 17.9. The number of nitrogens with one attached hydrogen (secondary N) is 1. The van der Waals surface area contributed by atoms with Crippen LogP contribution in [-0.2, 0) is 22.3 Å². The lowest BCUT2D eigenvalue weighted by Crippen LogP contribution is -2.14. The highest BCUT2D eigenvalue weighted by molar-refractivity contribution is 6.26. The van der Waals surface area contributed by atoms with E-state index in [1.165, 1.54) is 33.4 Å². The van der Waals surface area contributed by atoms with Crippen molar-refractivity contribution in [3.63, 3.8) is 0 Å². The fourth-order valence-corrected chi connectivity index (χ4v) is 5.85. The van der Waals surface area contributed by atoms with Crippen LogP contribution in [0.1, 0.15) is 80.9 Å². The molecule has 0 bridgehead atoms. The van der Waals surface area contributed by atoms with Crippen molar-refractivity contribution in [3.8, 4) is 0 Å². The fourth-order valence-electron chi connectivity index (χ4n) is 5.85. The Morgan fingerprint density at radius 1 is 0.757 bits per heavy atom. The number of aryl methyl sites for hydroxylation is 4. The second-order valence-corrected chi connectivity index (χ2v) is 10.4. The van der Waals surface area contributed by atoms with Gasteiger partial charge in [-0.15, -0.1) is 0 Å². The predicted molar refractivity (Wildman–Crippen MR) is 146 cm³/mol. The molecule has 6 rings (SSSR count). The average Bonchev–Trinajstić information content (AvgIpc) is 3.56. The number of methoxy groups -OCH3 is 2. The van der Waals surface area contributed by atoms with E-state index in [2.05, 4.69) is 57.3 Å². The summed E-state index contributed by atoms with van der Waals surface area (Å²) in [4.78, 5) is 19.7. The van der Waals surface area contributed by atoms with E-state index in [9.17, 15) is 0 Å². The smallest absolute Gasteiger partial charge is 0.164 e. The number of aromatic nitrogens is 2. The van der Waals surface area contributed by atoms with Crippen LogP contribution in [-0.4, -0.2) is 35.9 Å². The number of rotatable bonds is 4. The van der Waals surface area contributed by atoms with Crippen LogP contribution in [0.5, 0.6) is 0 Å². The summed E-state index contributed by atoms with van der Waals surface area (Å²) >= 11 is 0. The van der Waals surface area contributed by atoms with Crippen LogP contribution >= 0.6 is 0 Å². The number of anilines is 1. The molecule has 1 aliphatic heterocycles. The summed E-state index contributed by atoms with van der Waals surface area (Å²) in [6.07, 6.45) is 4.00. The molecule has 1 N–H and O–H groups in total. The highest BCUT2D eigenvalue weighted by Crippen LogP contribution is 2.37. The molecular formula is C30H33N5O2. The van der Waals surface area contributed by atoms with Crippen molar-refractivity contribution in [2.24, 2.45) is 9.98 Å². The van der Waals surface area contributed by atoms with Crippen LogP contribution in [0.25, 0.3) is 0 Å². The summed E-state index contributed by atoms with van der Waals surface area (Å²) in [5.74, 6) is 2.85. The van der Waals surface area contributed by atoms with Crippen LogP contribution < -0.4 is 5.32 Å². The van der Waals surface area contributed by atoms with Gasteiger partial charge in [0.2, 0.25) is 0 Å². The predicted octanol–water partition coefficient (Wildman–Crippen LogP) is 5.93. The monoisotopic (exact) mass is 495 g/mol. The van der Waals surface area contributed by atoms with Crippen LogP contribution in [0.4, 0.5) is 11.6 Å². The van der Waals surface area contributed by atoms with Crippen molar-refractivity contribution in [2.45, 2.75) is 65.6 Å². The molecule has 190 valence electrons. The number of pyridine rings is 2. The van der Waals surface area contributed by atoms with Crippen LogP contribution in [0.15, 0.2) is 34.3 Å². The van der Waals surface area contributed by atoms with Crippen LogP contribution in [0, 0.1) is 27.7 Å². The zero-order valence-electron chi connectivity index (χ0n) is 22.4. The molecule has 2 aromatic heterocycles. The van der Waals surface area contributed by atoms with Gasteiger partial charge in [-0.2, -0.15) is 0 Å². The maximum atomic E-state index is 5.69. The summed E-state index contributed by atoms with van der Waals surface area (Å²) in [6, 6.07) is 8.51. The van der Waals surface area contributed by atoms with Crippen LogP contribution in [0.2, 0.25) is 0 Å². The second-order valence-electron chi connectivity index (χ2n) is 10.4. The van der Waals surface area contributed by atoms with Gasteiger partial charge in [0.05, 0.1) is 23.6 Å². The lowest BCUT2D eigenvalue weighted by Gasteiger charge is -2.14. The lowest BCUT2D eigenvalue weighted by atomic mass is 10.00. The fraction of sp³-hybridized carbons (Fsp3) is 0.400. The first-order valence-electron chi connectivity index (χ1n) is 13.0. The molecule has 0 spiro atoms. The quantitative estimate of drug-likeness (QED) is 0.485. The standard InChI is InChI=1S/C30H33N5O2/c1-15-11-21-22(12-16(15)2)30(34-26-14-18(4)20-8-10-24(37-6)28(20)32-26)35-29(21)33-25-13-17(3)19-7-9-23(36-5)27(19)31-25/h11-14,23-24H,7-10H2,1-6H3,(H,31,32,33,34,35)/t23-,24-/m0/s1. The number of aliphatic imine (C=N–C) groups is 2. The molecule has 3 aromatic rings. The second kappa shape index (κ2) is 9.15. The molecule has 1 aromatic carbocycles. The maximum absolute atomic E-state index is 5.69. The molecule has 2 aliphatic carbocycles. The minimum Gasteiger partial charge on any atom is -0.375 e. The third kappa shape index (κ3) is 4.06. The molecule has 0 saturated carbocycles. The Bertz CT molecular complexity index is 1490. The summed E-state index contributed by atoms with van der Waals surface area (Å²) in [6.45, 7) is 8.52. The Balaban J connectivity index is 1.42. The van der Waals surface area contributed by atoms with Crippen molar-refractivity contribution in [1.29, 1.82) is 0 Å².